The van der Waals surface area contributed by atoms with Crippen LogP contribution >= 0.6 is 0 Å². The number of hydrogen-bond donors (Lipinski definition) is 1. The summed E-state index contributed by atoms with van der Waals surface area (Å²) in [5, 5.41) is 10.4. The van der Waals surface area contributed by atoms with Gasteiger partial charge in [-0.15, -0.1) is 0 Å². The molecule has 1 N–H and O–H groups in total. The molecule has 0 atom stereocenters. The lowest BCUT2D eigenvalue weighted by molar-refractivity contribution is 0.475. The van der Waals surface area contributed by atoms with Crippen molar-refractivity contribution in [2.75, 3.05) is 11.4 Å². The van der Waals surface area contributed by atoms with E-state index in [9.17, 15) is 14.3 Å². The fourth-order valence-corrected chi connectivity index (χ4v) is 3.54. The van der Waals surface area contributed by atoms with Crippen LogP contribution < -0.4 is 10.5 Å². The molecule has 0 unspecified atom stereocenters. The molecular formula is C24H21FN4O2. The second-order valence-electron chi connectivity index (χ2n) is 6.98. The van der Waals surface area contributed by atoms with Gasteiger partial charge in [0.05, 0.1) is 16.9 Å². The number of phenols is 1. The molecule has 0 aliphatic rings. The summed E-state index contributed by atoms with van der Waals surface area (Å²) >= 11 is 0. The first-order valence-electron chi connectivity index (χ1n) is 9.84. The van der Waals surface area contributed by atoms with Gasteiger partial charge in [0.2, 0.25) is 5.95 Å². The maximum absolute atomic E-state index is 13.5. The number of halogens is 1. The van der Waals surface area contributed by atoms with E-state index >= 15 is 0 Å². The Morgan fingerprint density at radius 2 is 1.68 bits per heavy atom. The van der Waals surface area contributed by atoms with E-state index in [4.69, 9.17) is 4.98 Å². The van der Waals surface area contributed by atoms with E-state index in [0.717, 1.165) is 0 Å². The summed E-state index contributed by atoms with van der Waals surface area (Å²) < 4.78 is 15.0. The van der Waals surface area contributed by atoms with E-state index in [1.165, 1.54) is 16.7 Å². The van der Waals surface area contributed by atoms with Crippen LogP contribution in [0.25, 0.3) is 22.4 Å². The van der Waals surface area contributed by atoms with Gasteiger partial charge in [-0.05, 0) is 48.9 Å². The quantitative estimate of drug-likeness (QED) is 0.518. The van der Waals surface area contributed by atoms with E-state index in [-0.39, 0.29) is 17.1 Å². The van der Waals surface area contributed by atoms with Crippen LogP contribution in [0.2, 0.25) is 0 Å². The molecule has 2 aromatic heterocycles. The lowest BCUT2D eigenvalue weighted by Crippen LogP contribution is -2.30. The summed E-state index contributed by atoms with van der Waals surface area (Å²) in [6.07, 6.45) is 3.26. The second-order valence-corrected chi connectivity index (χ2v) is 6.98. The maximum atomic E-state index is 13.5. The zero-order valence-electron chi connectivity index (χ0n) is 17.2. The minimum absolute atomic E-state index is 0.0895. The largest absolute Gasteiger partial charge is 0.506 e. The van der Waals surface area contributed by atoms with Crippen molar-refractivity contribution in [3.63, 3.8) is 0 Å². The fraction of sp³-hybridized carbons (Fsp3) is 0.125. The lowest BCUT2D eigenvalue weighted by Gasteiger charge is -2.26. The van der Waals surface area contributed by atoms with Gasteiger partial charge in [0, 0.05) is 31.5 Å². The Bertz CT molecular complexity index is 1270. The number of rotatable bonds is 5. The number of anilines is 2. The first-order valence-corrected chi connectivity index (χ1v) is 9.84. The highest BCUT2D eigenvalue weighted by atomic mass is 19.1. The third-order valence-corrected chi connectivity index (χ3v) is 5.08. The highest BCUT2D eigenvalue weighted by molar-refractivity contribution is 5.81. The van der Waals surface area contributed by atoms with Crippen molar-refractivity contribution < 1.29 is 9.50 Å². The Morgan fingerprint density at radius 3 is 2.32 bits per heavy atom. The molecule has 4 rings (SSSR count). The van der Waals surface area contributed by atoms with Gasteiger partial charge in [-0.1, -0.05) is 24.3 Å². The number of benzene rings is 2. The molecule has 2 aromatic carbocycles. The van der Waals surface area contributed by atoms with Crippen LogP contribution in [0, 0.1) is 5.82 Å². The third kappa shape index (κ3) is 3.77. The highest BCUT2D eigenvalue weighted by Gasteiger charge is 2.22. The number of para-hydroxylation sites is 2. The first-order chi connectivity index (χ1) is 15.0. The van der Waals surface area contributed by atoms with Crippen LogP contribution in [0.1, 0.15) is 6.92 Å². The smallest absolute Gasteiger partial charge is 0.263 e. The number of pyridine rings is 1. The van der Waals surface area contributed by atoms with E-state index in [0.29, 0.717) is 40.6 Å². The first kappa shape index (κ1) is 20.3. The number of nitrogens with zero attached hydrogens (tertiary/aromatic N) is 4. The average Bonchev–Trinajstić information content (AvgIpc) is 2.79. The molecule has 0 saturated carbocycles. The molecule has 6 nitrogen and oxygen atoms in total. The molecule has 0 spiro atoms. The summed E-state index contributed by atoms with van der Waals surface area (Å²) in [7, 11) is 1.64. The Balaban J connectivity index is 2.01. The van der Waals surface area contributed by atoms with Crippen LogP contribution in [0.3, 0.4) is 0 Å². The Kier molecular flexibility index (Phi) is 5.49. The molecule has 2 heterocycles. The van der Waals surface area contributed by atoms with Gasteiger partial charge < -0.3 is 10.0 Å². The van der Waals surface area contributed by atoms with E-state index in [1.54, 1.807) is 66.8 Å². The zero-order valence-corrected chi connectivity index (χ0v) is 17.2. The highest BCUT2D eigenvalue weighted by Crippen LogP contribution is 2.34. The summed E-state index contributed by atoms with van der Waals surface area (Å²) in [6, 6.07) is 16.2. The van der Waals surface area contributed by atoms with Gasteiger partial charge >= 0.3 is 0 Å². The van der Waals surface area contributed by atoms with E-state index in [2.05, 4.69) is 4.98 Å². The van der Waals surface area contributed by atoms with Crippen molar-refractivity contribution >= 4 is 11.6 Å². The monoisotopic (exact) mass is 416 g/mol. The molecule has 4 aromatic rings. The van der Waals surface area contributed by atoms with Gasteiger partial charge in [-0.2, -0.15) is 0 Å². The van der Waals surface area contributed by atoms with Crippen LogP contribution in [0.5, 0.6) is 5.75 Å². The summed E-state index contributed by atoms with van der Waals surface area (Å²) in [6.45, 7) is 2.39. The van der Waals surface area contributed by atoms with Crippen molar-refractivity contribution in [3.05, 3.63) is 89.2 Å². The molecule has 0 saturated heterocycles. The van der Waals surface area contributed by atoms with E-state index in [1.807, 2.05) is 13.0 Å². The van der Waals surface area contributed by atoms with Crippen molar-refractivity contribution in [1.82, 2.24) is 14.5 Å². The molecule has 0 bridgehead atoms. The van der Waals surface area contributed by atoms with Crippen molar-refractivity contribution in [3.8, 4) is 28.1 Å². The molecule has 31 heavy (non-hydrogen) atoms. The number of phenolic OH excluding ortho intramolecular Hbond substituents is 1. The molecule has 156 valence electrons. The molecular weight excluding hydrogens is 395 g/mol. The third-order valence-electron chi connectivity index (χ3n) is 5.08. The summed E-state index contributed by atoms with van der Waals surface area (Å²) in [5.41, 5.74) is 2.37. The predicted octanol–water partition coefficient (Wildman–Crippen LogP) is 4.51. The van der Waals surface area contributed by atoms with Gasteiger partial charge in [-0.25, -0.2) is 9.37 Å². The van der Waals surface area contributed by atoms with E-state index < -0.39 is 0 Å². The summed E-state index contributed by atoms with van der Waals surface area (Å²) in [4.78, 5) is 24.2. The number of aromatic hydroxyl groups is 1. The second kappa shape index (κ2) is 8.39. The van der Waals surface area contributed by atoms with Crippen molar-refractivity contribution in [1.29, 1.82) is 0 Å². The van der Waals surface area contributed by atoms with Gasteiger partial charge in [0.1, 0.15) is 11.6 Å². The Morgan fingerprint density at radius 1 is 1.00 bits per heavy atom. The molecule has 0 radical (unpaired) electrons. The maximum Gasteiger partial charge on any atom is 0.263 e. The molecule has 0 amide bonds. The fourth-order valence-electron chi connectivity index (χ4n) is 3.54. The normalized spacial score (nSPS) is 10.8. The molecule has 0 aliphatic heterocycles. The predicted molar refractivity (Wildman–Crippen MR) is 119 cm³/mol. The number of hydrogen-bond acceptors (Lipinski definition) is 5. The zero-order chi connectivity index (χ0) is 22.0. The topological polar surface area (TPSA) is 71.2 Å². The van der Waals surface area contributed by atoms with Crippen molar-refractivity contribution in [2.24, 2.45) is 7.05 Å². The SMILES string of the molecule is CCN(c1ccccc1O)c1nc(-c2ccncc2)c(-c2ccc(F)cc2)c(=O)n1C. The minimum atomic E-state index is -0.382. The van der Waals surface area contributed by atoms with Crippen LogP contribution in [0.4, 0.5) is 16.0 Å². The minimum Gasteiger partial charge on any atom is -0.506 e. The Hall–Kier alpha value is -4.00. The summed E-state index contributed by atoms with van der Waals surface area (Å²) in [5.74, 6) is 0.0886. The van der Waals surface area contributed by atoms with Crippen LogP contribution in [-0.4, -0.2) is 26.2 Å². The standard InChI is InChI=1S/C24H21FN4O2/c1-3-29(19-6-4-5-7-20(19)30)24-27-22(17-12-14-26-15-13-17)21(23(31)28(24)2)16-8-10-18(25)11-9-16/h4-15,30H,3H2,1-2H3. The van der Waals surface area contributed by atoms with Gasteiger partial charge in [-0.3, -0.25) is 14.3 Å². The van der Waals surface area contributed by atoms with Crippen LogP contribution in [0.15, 0.2) is 77.9 Å². The lowest BCUT2D eigenvalue weighted by atomic mass is 10.0. The average molecular weight is 416 g/mol. The van der Waals surface area contributed by atoms with Gasteiger partial charge in [0.15, 0.2) is 0 Å². The number of aromatic nitrogens is 3. The Labute approximate surface area is 178 Å². The molecule has 0 aliphatic carbocycles. The van der Waals surface area contributed by atoms with Crippen molar-refractivity contribution in [2.45, 2.75) is 6.92 Å². The van der Waals surface area contributed by atoms with Gasteiger partial charge in [0.25, 0.3) is 5.56 Å². The molecule has 0 fully saturated rings. The molecule has 7 heteroatoms. The van der Waals surface area contributed by atoms with Crippen LogP contribution in [-0.2, 0) is 7.05 Å².